The van der Waals surface area contributed by atoms with Crippen LogP contribution in [0.5, 0.6) is 0 Å². The lowest BCUT2D eigenvalue weighted by molar-refractivity contribution is 0.0834. The van der Waals surface area contributed by atoms with E-state index in [1.807, 2.05) is 0 Å². The SMILES string of the molecule is CC(C)(C)c1cc2c3c(c1)N(C1C(C4CCCCC4)CCCC1C1CCCCC1)c1cc(-n4c5ccc(C(C)(C)C)cc5c5cc(C(C)(C)C)ccc54)ccc1B3c1ccc(-n3c4ccc(C(C)(C)C)cc4c4cc(C(C)(C)C)ccc43)cc1N2C1C(C2CCCCC2)CCCC1C1CCCCC1. The van der Waals surface area contributed by atoms with Crippen LogP contribution in [-0.4, -0.2) is 27.9 Å². The number of nitrogens with zero attached hydrogens (tertiary/aromatic N) is 4. The predicted molar refractivity (Wildman–Crippen MR) is 446 cm³/mol. The zero-order valence-electron chi connectivity index (χ0n) is 66.6. The second-order valence-electron chi connectivity index (χ2n) is 40.5. The Balaban J connectivity index is 0.983. The van der Waals surface area contributed by atoms with Gasteiger partial charge in [-0.3, -0.25) is 0 Å². The van der Waals surface area contributed by atoms with Crippen LogP contribution in [0.3, 0.4) is 0 Å². The molecule has 0 N–H and O–H groups in total. The quantitative estimate of drug-likeness (QED) is 0.141. The highest BCUT2D eigenvalue weighted by molar-refractivity contribution is 7.00. The van der Waals surface area contributed by atoms with Gasteiger partial charge in [-0.25, -0.2) is 0 Å². The molecule has 6 saturated carbocycles. The van der Waals surface area contributed by atoms with E-state index >= 15 is 0 Å². The van der Waals surface area contributed by atoms with Crippen molar-refractivity contribution < 1.29 is 0 Å². The molecule has 8 aliphatic rings. The average molecular weight is 1370 g/mol. The minimum Gasteiger partial charge on any atom is -0.339 e. The highest BCUT2D eigenvalue weighted by Gasteiger charge is 2.54. The van der Waals surface area contributed by atoms with Gasteiger partial charge in [-0.05, 0) is 229 Å². The van der Waals surface area contributed by atoms with Gasteiger partial charge in [-0.15, -0.1) is 0 Å². The van der Waals surface area contributed by atoms with E-state index in [2.05, 4.69) is 244 Å². The van der Waals surface area contributed by atoms with Crippen LogP contribution >= 0.6 is 0 Å². The summed E-state index contributed by atoms with van der Waals surface area (Å²) in [6, 6.07) is 53.0. The second kappa shape index (κ2) is 26.3. The average Bonchev–Trinajstić information content (AvgIpc) is 1.07. The van der Waals surface area contributed by atoms with Crippen molar-refractivity contribution in [3.05, 3.63) is 149 Å². The van der Waals surface area contributed by atoms with Crippen molar-refractivity contribution in [1.29, 1.82) is 0 Å². The Kier molecular flexibility index (Phi) is 17.9. The van der Waals surface area contributed by atoms with E-state index in [-0.39, 0.29) is 33.8 Å². The first-order chi connectivity index (χ1) is 49.3. The van der Waals surface area contributed by atoms with Gasteiger partial charge in [0.05, 0.1) is 22.1 Å². The summed E-state index contributed by atoms with van der Waals surface area (Å²) in [6.07, 6.45) is 36.1. The summed E-state index contributed by atoms with van der Waals surface area (Å²) in [5, 5.41) is 5.50. The predicted octanol–water partition coefficient (Wildman–Crippen LogP) is 25.7. The van der Waals surface area contributed by atoms with Crippen LogP contribution in [0.25, 0.3) is 55.0 Å². The van der Waals surface area contributed by atoms with Crippen molar-refractivity contribution >= 4 is 89.5 Å². The Morgan fingerprint density at radius 2 is 0.534 bits per heavy atom. The first-order valence-electron chi connectivity index (χ1n) is 42.5. The zero-order chi connectivity index (χ0) is 71.4. The van der Waals surface area contributed by atoms with Crippen molar-refractivity contribution in [1.82, 2.24) is 9.13 Å². The maximum Gasteiger partial charge on any atom is 0.252 e. The van der Waals surface area contributed by atoms with Gasteiger partial charge in [0.1, 0.15) is 0 Å². The highest BCUT2D eigenvalue weighted by Crippen LogP contribution is 2.57. The van der Waals surface area contributed by atoms with E-state index < -0.39 is 0 Å². The Bertz CT molecular complexity index is 4180. The first-order valence-corrected chi connectivity index (χ1v) is 42.5. The summed E-state index contributed by atoms with van der Waals surface area (Å²) in [5.41, 5.74) is 25.9. The third-order valence-corrected chi connectivity index (χ3v) is 29.0. The molecule has 4 heterocycles. The number of benzene rings is 7. The minimum absolute atomic E-state index is 0.0193. The Morgan fingerprint density at radius 3 is 0.796 bits per heavy atom. The molecule has 17 rings (SSSR count). The zero-order valence-corrected chi connectivity index (χ0v) is 66.6. The molecule has 6 fully saturated rings. The number of rotatable bonds is 8. The number of fused-ring (bicyclic) bond motifs is 10. The molecule has 0 amide bonds. The van der Waals surface area contributed by atoms with Gasteiger partial charge in [0, 0.05) is 67.8 Å². The number of hydrogen-bond acceptors (Lipinski definition) is 2. The fraction of sp³-hybridized carbons (Fsp3) is 0.571. The van der Waals surface area contributed by atoms with E-state index in [9.17, 15) is 0 Å². The molecule has 0 bridgehead atoms. The number of hydrogen-bond donors (Lipinski definition) is 0. The first kappa shape index (κ1) is 69.8. The second-order valence-corrected chi connectivity index (χ2v) is 40.5. The smallest absolute Gasteiger partial charge is 0.252 e. The molecule has 4 unspecified atom stereocenters. The maximum atomic E-state index is 3.26. The number of anilines is 4. The molecule has 9 aromatic rings. The van der Waals surface area contributed by atoms with Gasteiger partial charge < -0.3 is 18.9 Å². The lowest BCUT2D eigenvalue weighted by atomic mass is 9.33. The van der Waals surface area contributed by atoms with Crippen LogP contribution in [0.15, 0.2) is 121 Å². The van der Waals surface area contributed by atoms with E-state index in [4.69, 9.17) is 0 Å². The fourth-order valence-corrected chi connectivity index (χ4v) is 23.4. The fourth-order valence-electron chi connectivity index (χ4n) is 23.4. The third-order valence-electron chi connectivity index (χ3n) is 29.0. The van der Waals surface area contributed by atoms with Gasteiger partial charge in [-0.1, -0.05) is 282 Å². The van der Waals surface area contributed by atoms with Crippen molar-refractivity contribution in [2.75, 3.05) is 9.80 Å². The largest absolute Gasteiger partial charge is 0.339 e. The lowest BCUT2D eigenvalue weighted by Crippen LogP contribution is -2.66. The molecule has 2 aromatic heterocycles. The van der Waals surface area contributed by atoms with E-state index in [1.54, 1.807) is 16.8 Å². The van der Waals surface area contributed by atoms with E-state index in [1.165, 1.54) is 272 Å². The van der Waals surface area contributed by atoms with Crippen LogP contribution in [-0.2, 0) is 27.1 Å². The highest BCUT2D eigenvalue weighted by atomic mass is 15.2. The third kappa shape index (κ3) is 12.3. The van der Waals surface area contributed by atoms with Gasteiger partial charge in [0.15, 0.2) is 0 Å². The summed E-state index contributed by atoms with van der Waals surface area (Å²) in [4.78, 5) is 6.52. The monoisotopic (exact) mass is 1370 g/mol. The summed E-state index contributed by atoms with van der Waals surface area (Å²) in [6.45, 7) is 36.5. The Labute approximate surface area is 622 Å². The van der Waals surface area contributed by atoms with Crippen molar-refractivity contribution in [2.45, 2.75) is 310 Å². The molecule has 5 heteroatoms. The molecule has 0 spiro atoms. The molecule has 542 valence electrons. The summed E-state index contributed by atoms with van der Waals surface area (Å²) in [7, 11) is 0. The molecule has 7 aromatic carbocycles. The molecule has 6 aliphatic carbocycles. The van der Waals surface area contributed by atoms with Crippen molar-refractivity contribution in [2.24, 2.45) is 47.3 Å². The summed E-state index contributed by atoms with van der Waals surface area (Å²) in [5.74, 6) is 5.62. The van der Waals surface area contributed by atoms with Crippen molar-refractivity contribution in [3.63, 3.8) is 0 Å². The molecular formula is C98H127BN4. The molecule has 2 aliphatic heterocycles. The molecule has 4 nitrogen and oxygen atoms in total. The molecule has 103 heavy (non-hydrogen) atoms. The van der Waals surface area contributed by atoms with Gasteiger partial charge in [0.25, 0.3) is 6.71 Å². The number of aromatic nitrogens is 2. The van der Waals surface area contributed by atoms with Crippen LogP contribution < -0.4 is 26.2 Å². The topological polar surface area (TPSA) is 16.3 Å². The van der Waals surface area contributed by atoms with Crippen LogP contribution in [0.2, 0.25) is 0 Å². The van der Waals surface area contributed by atoms with Crippen LogP contribution in [0.4, 0.5) is 22.7 Å². The summed E-state index contributed by atoms with van der Waals surface area (Å²) >= 11 is 0. The van der Waals surface area contributed by atoms with Gasteiger partial charge in [-0.2, -0.15) is 0 Å². The van der Waals surface area contributed by atoms with Crippen molar-refractivity contribution in [3.8, 4) is 11.4 Å². The van der Waals surface area contributed by atoms with Gasteiger partial charge >= 0.3 is 0 Å². The lowest BCUT2D eigenvalue weighted by Gasteiger charge is -2.57. The molecular weight excluding hydrogens is 1240 g/mol. The van der Waals surface area contributed by atoms with Crippen LogP contribution in [0, 0.1) is 47.3 Å². The van der Waals surface area contributed by atoms with E-state index in [0.717, 1.165) is 23.7 Å². The Morgan fingerprint density at radius 1 is 0.262 bits per heavy atom. The standard InChI is InChI=1S/C98H127BN4/c1-94(2,3)66-42-50-83-77(54-66)78-55-67(95(4,5)6)43-51-84(78)100(83)71-46-48-81-87(60-71)102(92-73(62-30-20-16-21-31-62)38-28-39-74(92)63-32-22-17-23-33-63)89-58-70(98(13,14)15)59-90-91(89)99(81)82-49-47-72(101-85-52-44-68(96(7,8)9)56-79(85)80-57-69(97(10,11)12)45-53-86(80)101)61-88(82)103(90)93-75(64-34-24-18-25-35-64)40-29-41-76(93)65-36-26-19-27-37-65/h42-65,73-76,92-93H,16-41H2,1-15H3. The maximum absolute atomic E-state index is 3.26. The normalized spacial score (nSPS) is 24.0. The van der Waals surface area contributed by atoms with E-state index in [0.29, 0.717) is 35.8 Å². The molecule has 4 atom stereocenters. The molecule has 0 saturated heterocycles. The minimum atomic E-state index is -0.0968. The van der Waals surface area contributed by atoms with Crippen LogP contribution in [0.1, 0.15) is 299 Å². The van der Waals surface area contributed by atoms with Gasteiger partial charge in [0.2, 0.25) is 0 Å². The summed E-state index contributed by atoms with van der Waals surface area (Å²) < 4.78 is 5.44. The Hall–Kier alpha value is -6.20. The molecule has 0 radical (unpaired) electrons.